The predicted octanol–water partition coefficient (Wildman–Crippen LogP) is 0.0612. The number of nitrogens with zero attached hydrogens (tertiary/aromatic N) is 2. The number of nitro groups is 1. The third-order valence-corrected chi connectivity index (χ3v) is 5.94. The van der Waals surface area contributed by atoms with Crippen LogP contribution in [0.5, 0.6) is 5.75 Å². The van der Waals surface area contributed by atoms with Crippen molar-refractivity contribution in [3.05, 3.63) is 58.1 Å². The van der Waals surface area contributed by atoms with Gasteiger partial charge in [0.15, 0.2) is 5.60 Å². The fourth-order valence-corrected chi connectivity index (χ4v) is 4.17. The summed E-state index contributed by atoms with van der Waals surface area (Å²) in [5.74, 6) is -0.944. The van der Waals surface area contributed by atoms with Crippen molar-refractivity contribution in [2.75, 3.05) is 18.1 Å². The van der Waals surface area contributed by atoms with Crippen LogP contribution >= 0.6 is 0 Å². The highest BCUT2D eigenvalue weighted by Gasteiger charge is 2.65. The molecule has 5 atom stereocenters. The van der Waals surface area contributed by atoms with Crippen LogP contribution in [0.1, 0.15) is 5.56 Å². The third-order valence-electron chi connectivity index (χ3n) is 5.94. The molecule has 30 heavy (non-hydrogen) atoms. The number of fused-ring (bicyclic) bond motifs is 1. The first-order valence-electron chi connectivity index (χ1n) is 9.46. The molecule has 3 unspecified atom stereocenters. The van der Waals surface area contributed by atoms with Gasteiger partial charge in [-0.25, -0.2) is 0 Å². The molecule has 1 aliphatic heterocycles. The first-order chi connectivity index (χ1) is 14.3. The minimum Gasteiger partial charge on any atom is -0.462 e. The number of ether oxygens (including phenoxy) is 1. The van der Waals surface area contributed by atoms with E-state index >= 15 is 0 Å². The van der Waals surface area contributed by atoms with Crippen LogP contribution in [0.4, 0.5) is 17.1 Å². The van der Waals surface area contributed by atoms with Crippen molar-refractivity contribution in [2.24, 2.45) is 5.92 Å². The van der Waals surface area contributed by atoms with Crippen molar-refractivity contribution in [2.45, 2.75) is 30.5 Å². The molecule has 5 N–H and O–H groups in total. The van der Waals surface area contributed by atoms with Crippen LogP contribution in [0.2, 0.25) is 0 Å². The summed E-state index contributed by atoms with van der Waals surface area (Å²) < 4.78 is 5.42. The summed E-state index contributed by atoms with van der Waals surface area (Å²) in [4.78, 5) is 12.5. The molecule has 2 aliphatic rings. The maximum absolute atomic E-state index is 11.0. The van der Waals surface area contributed by atoms with Crippen LogP contribution in [0, 0.1) is 16.0 Å². The predicted molar refractivity (Wildman–Crippen MR) is 104 cm³/mol. The highest BCUT2D eigenvalue weighted by atomic mass is 16.6. The Hall–Kier alpha value is -2.76. The first-order valence-corrected chi connectivity index (χ1v) is 9.46. The lowest BCUT2D eigenvalue weighted by Crippen LogP contribution is -2.76. The molecule has 1 fully saturated rings. The van der Waals surface area contributed by atoms with Crippen LogP contribution < -0.4 is 9.64 Å². The Kier molecular flexibility index (Phi) is 5.12. The second-order valence-electron chi connectivity index (χ2n) is 7.55. The number of hydrogen-bond donors (Lipinski definition) is 5. The Labute approximate surface area is 171 Å². The molecule has 0 radical (unpaired) electrons. The van der Waals surface area contributed by atoms with Crippen LogP contribution in [-0.4, -0.2) is 67.7 Å². The quantitative estimate of drug-likeness (QED) is 0.249. The molecular weight excluding hydrogens is 396 g/mol. The second kappa shape index (κ2) is 7.49. The number of nitro benzene ring substituents is 1. The van der Waals surface area contributed by atoms with E-state index in [1.165, 1.54) is 6.07 Å². The zero-order valence-corrected chi connectivity index (χ0v) is 15.8. The molecule has 10 nitrogen and oxygen atoms in total. The van der Waals surface area contributed by atoms with E-state index in [2.05, 4.69) is 0 Å². The van der Waals surface area contributed by atoms with E-state index in [1.54, 1.807) is 30.3 Å². The van der Waals surface area contributed by atoms with Crippen LogP contribution in [0.3, 0.4) is 0 Å². The van der Waals surface area contributed by atoms with E-state index in [1.807, 2.05) is 11.0 Å². The molecule has 0 bridgehead atoms. The Balaban J connectivity index is 1.54. The maximum Gasteiger partial charge on any atom is 0.269 e. The van der Waals surface area contributed by atoms with Gasteiger partial charge in [0.25, 0.3) is 5.69 Å². The summed E-state index contributed by atoms with van der Waals surface area (Å²) in [5, 5.41) is 60.7. The smallest absolute Gasteiger partial charge is 0.269 e. The number of rotatable bonds is 6. The van der Waals surface area contributed by atoms with E-state index in [0.29, 0.717) is 18.7 Å². The summed E-state index contributed by atoms with van der Waals surface area (Å²) in [6, 6.07) is 11.3. The SMILES string of the molecule is O=[N+]([O-])c1ccc2c(c1)CCN2c1cccc(O[C@@H](O)C2(O)C(O)[C@H](O)C2CO)c1. The van der Waals surface area contributed by atoms with Crippen LogP contribution in [0.25, 0.3) is 0 Å². The Morgan fingerprint density at radius 1 is 1.27 bits per heavy atom. The molecule has 2 aromatic rings. The van der Waals surface area contributed by atoms with Gasteiger partial charge < -0.3 is 35.2 Å². The number of non-ortho nitro benzene ring substituents is 1. The van der Waals surface area contributed by atoms with Gasteiger partial charge in [0.05, 0.1) is 17.6 Å². The molecule has 2 aromatic carbocycles. The molecule has 0 aromatic heterocycles. The fourth-order valence-electron chi connectivity index (χ4n) is 4.17. The van der Waals surface area contributed by atoms with Crippen molar-refractivity contribution < 1.29 is 35.2 Å². The minimum absolute atomic E-state index is 0.0312. The van der Waals surface area contributed by atoms with Crippen molar-refractivity contribution in [1.29, 1.82) is 0 Å². The average molecular weight is 418 g/mol. The molecule has 1 aliphatic carbocycles. The molecule has 1 heterocycles. The summed E-state index contributed by atoms with van der Waals surface area (Å²) >= 11 is 0. The number of hydrogen-bond acceptors (Lipinski definition) is 9. The molecule has 10 heteroatoms. The van der Waals surface area contributed by atoms with Crippen molar-refractivity contribution in [3.63, 3.8) is 0 Å². The van der Waals surface area contributed by atoms with Gasteiger partial charge in [-0.15, -0.1) is 0 Å². The Morgan fingerprint density at radius 3 is 2.73 bits per heavy atom. The lowest BCUT2D eigenvalue weighted by atomic mass is 9.64. The van der Waals surface area contributed by atoms with E-state index in [0.717, 1.165) is 11.3 Å². The molecule has 160 valence electrons. The zero-order valence-electron chi connectivity index (χ0n) is 15.8. The zero-order chi connectivity index (χ0) is 21.6. The summed E-state index contributed by atoms with van der Waals surface area (Å²) in [7, 11) is 0. The van der Waals surface area contributed by atoms with Gasteiger partial charge >= 0.3 is 0 Å². The van der Waals surface area contributed by atoms with Gasteiger partial charge in [0, 0.05) is 42.0 Å². The number of benzene rings is 2. The molecular formula is C20H22N2O8. The van der Waals surface area contributed by atoms with Gasteiger partial charge in [0.1, 0.15) is 11.9 Å². The summed E-state index contributed by atoms with van der Waals surface area (Å²) in [6.45, 7) is -0.0319. The minimum atomic E-state index is -2.21. The van der Waals surface area contributed by atoms with Gasteiger partial charge in [-0.1, -0.05) is 6.07 Å². The third kappa shape index (κ3) is 3.09. The van der Waals surface area contributed by atoms with Gasteiger partial charge in [0.2, 0.25) is 6.29 Å². The standard InChI is InChI=1S/C20H22N2O8/c23-10-15-17(24)18(25)20(15,27)19(26)30-14-3-1-2-12(9-14)21-7-6-11-8-13(22(28)29)4-5-16(11)21/h1-5,8-9,15,17-19,23-27H,6-7,10H2/t15?,17-,18?,19-,20?/m1/s1. The fraction of sp³-hybridized carbons (Fsp3) is 0.400. The normalized spacial score (nSPS) is 28.6. The van der Waals surface area contributed by atoms with E-state index in [4.69, 9.17) is 4.74 Å². The lowest BCUT2D eigenvalue weighted by molar-refractivity contribution is -0.384. The van der Waals surface area contributed by atoms with E-state index < -0.39 is 41.5 Å². The number of anilines is 2. The molecule has 0 spiro atoms. The maximum atomic E-state index is 11.0. The topological polar surface area (TPSA) is 157 Å². The van der Waals surface area contributed by atoms with Crippen LogP contribution in [-0.2, 0) is 6.42 Å². The molecule has 0 saturated heterocycles. The van der Waals surface area contributed by atoms with Crippen molar-refractivity contribution in [3.8, 4) is 5.75 Å². The molecule has 1 saturated carbocycles. The van der Waals surface area contributed by atoms with Crippen LogP contribution in [0.15, 0.2) is 42.5 Å². The monoisotopic (exact) mass is 418 g/mol. The molecule has 0 amide bonds. The largest absolute Gasteiger partial charge is 0.462 e. The van der Waals surface area contributed by atoms with Gasteiger partial charge in [-0.05, 0) is 30.2 Å². The highest BCUT2D eigenvalue weighted by Crippen LogP contribution is 2.43. The van der Waals surface area contributed by atoms with Gasteiger partial charge in [-0.2, -0.15) is 0 Å². The first kappa shape index (κ1) is 20.5. The van der Waals surface area contributed by atoms with Crippen molar-refractivity contribution >= 4 is 17.1 Å². The number of aliphatic hydroxyl groups excluding tert-OH is 4. The second-order valence-corrected chi connectivity index (χ2v) is 7.55. The Bertz CT molecular complexity index is 970. The highest BCUT2D eigenvalue weighted by molar-refractivity contribution is 5.72. The lowest BCUT2D eigenvalue weighted by Gasteiger charge is -2.53. The van der Waals surface area contributed by atoms with Gasteiger partial charge in [-0.3, -0.25) is 10.1 Å². The van der Waals surface area contributed by atoms with Crippen molar-refractivity contribution in [1.82, 2.24) is 0 Å². The Morgan fingerprint density at radius 2 is 2.03 bits per heavy atom. The summed E-state index contributed by atoms with van der Waals surface area (Å²) in [6.07, 6.45) is -4.27. The number of aliphatic hydroxyl groups is 5. The average Bonchev–Trinajstić information content (AvgIpc) is 3.17. The van der Waals surface area contributed by atoms with E-state index in [-0.39, 0.29) is 11.4 Å². The molecule has 4 rings (SSSR count). The summed E-state index contributed by atoms with van der Waals surface area (Å²) in [5.41, 5.74) is 0.219. The van der Waals surface area contributed by atoms with E-state index in [9.17, 15) is 35.6 Å².